The average molecular weight is 341 g/mol. The Kier molecular flexibility index (Phi) is 19.2. The van der Waals surface area contributed by atoms with Crippen LogP contribution in [0.15, 0.2) is 0 Å². The molecule has 0 aliphatic heterocycles. The molecule has 0 saturated carbocycles. The number of rotatable bonds is 19. The third kappa shape index (κ3) is 18.3. The first kappa shape index (κ1) is 23.9. The molecule has 0 aliphatic rings. The van der Waals surface area contributed by atoms with Gasteiger partial charge >= 0.3 is 0 Å². The van der Waals surface area contributed by atoms with Gasteiger partial charge in [-0.05, 0) is 44.2 Å². The Labute approximate surface area is 153 Å². The van der Waals surface area contributed by atoms with Crippen molar-refractivity contribution in [1.29, 1.82) is 0 Å². The van der Waals surface area contributed by atoms with Gasteiger partial charge in [-0.2, -0.15) is 0 Å². The lowest BCUT2D eigenvalue weighted by atomic mass is 9.92. The van der Waals surface area contributed by atoms with Gasteiger partial charge in [0.05, 0.1) is 0 Å². The molecule has 24 heavy (non-hydrogen) atoms. The summed E-state index contributed by atoms with van der Waals surface area (Å²) in [7, 11) is 0. The van der Waals surface area contributed by atoms with E-state index in [0.717, 1.165) is 24.9 Å². The molecule has 0 aromatic carbocycles. The summed E-state index contributed by atoms with van der Waals surface area (Å²) in [6.07, 6.45) is 22.4. The maximum atomic E-state index is 5.88. The molecule has 0 rings (SSSR count). The summed E-state index contributed by atoms with van der Waals surface area (Å²) in [5.41, 5.74) is 11.4. The van der Waals surface area contributed by atoms with Gasteiger partial charge in [-0.1, -0.05) is 97.3 Å². The van der Waals surface area contributed by atoms with Crippen molar-refractivity contribution in [2.75, 3.05) is 13.1 Å². The van der Waals surface area contributed by atoms with Crippen molar-refractivity contribution in [3.63, 3.8) is 0 Å². The predicted molar refractivity (Wildman–Crippen MR) is 110 cm³/mol. The van der Waals surface area contributed by atoms with Crippen molar-refractivity contribution < 1.29 is 0 Å². The van der Waals surface area contributed by atoms with Crippen molar-refractivity contribution >= 4 is 0 Å². The highest BCUT2D eigenvalue weighted by molar-refractivity contribution is 4.62. The highest BCUT2D eigenvalue weighted by atomic mass is 14.5. The second-order valence-electron chi connectivity index (χ2n) is 8.26. The first-order valence-corrected chi connectivity index (χ1v) is 11.1. The molecule has 0 aromatic rings. The van der Waals surface area contributed by atoms with Crippen LogP contribution in [0, 0.1) is 11.8 Å². The highest BCUT2D eigenvalue weighted by Gasteiger charge is 2.08. The van der Waals surface area contributed by atoms with E-state index in [2.05, 4.69) is 13.8 Å². The van der Waals surface area contributed by atoms with Crippen LogP contribution in [0.1, 0.15) is 117 Å². The maximum Gasteiger partial charge on any atom is -0.00488 e. The van der Waals surface area contributed by atoms with E-state index in [4.69, 9.17) is 11.5 Å². The molecule has 0 saturated heterocycles. The molecule has 4 N–H and O–H groups in total. The number of nitrogens with two attached hydrogens (primary N) is 2. The van der Waals surface area contributed by atoms with Crippen molar-refractivity contribution in [1.82, 2.24) is 0 Å². The Balaban J connectivity index is 3.14. The van der Waals surface area contributed by atoms with Crippen LogP contribution in [0.3, 0.4) is 0 Å². The van der Waals surface area contributed by atoms with E-state index in [1.807, 2.05) is 0 Å². The molecule has 146 valence electrons. The molecule has 1 atom stereocenters. The molecule has 2 heteroatoms. The zero-order chi connectivity index (χ0) is 17.9. The van der Waals surface area contributed by atoms with Gasteiger partial charge in [-0.25, -0.2) is 0 Å². The van der Waals surface area contributed by atoms with Gasteiger partial charge in [0.2, 0.25) is 0 Å². The minimum atomic E-state index is 0.764. The first-order chi connectivity index (χ1) is 11.7. The molecule has 0 bridgehead atoms. The van der Waals surface area contributed by atoms with Gasteiger partial charge in [-0.15, -0.1) is 0 Å². The molecule has 0 radical (unpaired) electrons. The van der Waals surface area contributed by atoms with Crippen molar-refractivity contribution in [3.05, 3.63) is 0 Å². The standard InChI is InChI=1S/C22H48N2/c1-21(2)19-22(20-24)17-15-13-11-9-7-5-3-4-6-8-10-12-14-16-18-23/h21-22H,3-20,23-24H2,1-2H3. The quantitative estimate of drug-likeness (QED) is 0.267. The number of hydrogen-bond acceptors (Lipinski definition) is 2. The van der Waals surface area contributed by atoms with Gasteiger partial charge in [-0.3, -0.25) is 0 Å². The topological polar surface area (TPSA) is 52.0 Å². The van der Waals surface area contributed by atoms with Crippen LogP contribution < -0.4 is 11.5 Å². The van der Waals surface area contributed by atoms with Crippen molar-refractivity contribution in [3.8, 4) is 0 Å². The van der Waals surface area contributed by atoms with E-state index in [1.54, 1.807) is 0 Å². The normalized spacial score (nSPS) is 12.9. The second-order valence-corrected chi connectivity index (χ2v) is 8.26. The largest absolute Gasteiger partial charge is 0.330 e. The van der Waals surface area contributed by atoms with E-state index in [0.29, 0.717) is 0 Å². The highest BCUT2D eigenvalue weighted by Crippen LogP contribution is 2.19. The fraction of sp³-hybridized carbons (Fsp3) is 1.00. The van der Waals surface area contributed by atoms with Gasteiger partial charge in [0, 0.05) is 0 Å². The molecule has 0 heterocycles. The third-order valence-electron chi connectivity index (χ3n) is 5.20. The van der Waals surface area contributed by atoms with E-state index in [1.165, 1.54) is 103 Å². The van der Waals surface area contributed by atoms with Crippen LogP contribution in [-0.2, 0) is 0 Å². The fourth-order valence-corrected chi connectivity index (χ4v) is 3.70. The Morgan fingerprint density at radius 2 is 0.917 bits per heavy atom. The average Bonchev–Trinajstić information content (AvgIpc) is 2.56. The zero-order valence-corrected chi connectivity index (χ0v) is 17.0. The Hall–Kier alpha value is -0.0800. The molecule has 0 fully saturated rings. The SMILES string of the molecule is CC(C)CC(CN)CCCCCCCCCCCCCCCCN. The summed E-state index contributed by atoms with van der Waals surface area (Å²) >= 11 is 0. The molecular weight excluding hydrogens is 292 g/mol. The van der Waals surface area contributed by atoms with Crippen molar-refractivity contribution in [2.24, 2.45) is 23.3 Å². The molecule has 1 unspecified atom stereocenters. The summed E-state index contributed by atoms with van der Waals surface area (Å²) in [6.45, 7) is 6.37. The number of unbranched alkanes of at least 4 members (excludes halogenated alkanes) is 13. The number of hydrogen-bond donors (Lipinski definition) is 2. The van der Waals surface area contributed by atoms with Gasteiger partial charge in [0.15, 0.2) is 0 Å². The van der Waals surface area contributed by atoms with Gasteiger partial charge < -0.3 is 11.5 Å². The summed E-state index contributed by atoms with van der Waals surface area (Å²) in [5, 5.41) is 0. The van der Waals surface area contributed by atoms with Crippen LogP contribution in [-0.4, -0.2) is 13.1 Å². The minimum absolute atomic E-state index is 0.764. The summed E-state index contributed by atoms with van der Waals surface area (Å²) in [6, 6.07) is 0. The first-order valence-electron chi connectivity index (χ1n) is 11.1. The minimum Gasteiger partial charge on any atom is -0.330 e. The van der Waals surface area contributed by atoms with Gasteiger partial charge in [0.1, 0.15) is 0 Å². The summed E-state index contributed by atoms with van der Waals surface area (Å²) in [5.74, 6) is 1.56. The third-order valence-corrected chi connectivity index (χ3v) is 5.20. The lowest BCUT2D eigenvalue weighted by Crippen LogP contribution is -2.16. The Bertz CT molecular complexity index is 228. The van der Waals surface area contributed by atoms with Crippen LogP contribution in [0.4, 0.5) is 0 Å². The zero-order valence-electron chi connectivity index (χ0n) is 17.0. The molecule has 0 spiro atoms. The molecule has 2 nitrogen and oxygen atoms in total. The van der Waals surface area contributed by atoms with Crippen LogP contribution in [0.25, 0.3) is 0 Å². The van der Waals surface area contributed by atoms with Crippen molar-refractivity contribution in [2.45, 2.75) is 117 Å². The molecule has 0 aromatic heterocycles. The van der Waals surface area contributed by atoms with Crippen LogP contribution >= 0.6 is 0 Å². The predicted octanol–water partition coefficient (Wildman–Crippen LogP) is 6.42. The molecule has 0 amide bonds. The Morgan fingerprint density at radius 3 is 1.25 bits per heavy atom. The second kappa shape index (κ2) is 19.2. The van der Waals surface area contributed by atoms with E-state index in [9.17, 15) is 0 Å². The Morgan fingerprint density at radius 1 is 0.542 bits per heavy atom. The lowest BCUT2D eigenvalue weighted by molar-refractivity contribution is 0.378. The fourth-order valence-electron chi connectivity index (χ4n) is 3.70. The smallest absolute Gasteiger partial charge is 0.00488 e. The monoisotopic (exact) mass is 340 g/mol. The maximum absolute atomic E-state index is 5.88. The van der Waals surface area contributed by atoms with E-state index >= 15 is 0 Å². The van der Waals surface area contributed by atoms with Crippen LogP contribution in [0.2, 0.25) is 0 Å². The van der Waals surface area contributed by atoms with Crippen LogP contribution in [0.5, 0.6) is 0 Å². The van der Waals surface area contributed by atoms with E-state index in [-0.39, 0.29) is 0 Å². The summed E-state index contributed by atoms with van der Waals surface area (Å²) in [4.78, 5) is 0. The molecule has 0 aliphatic carbocycles. The van der Waals surface area contributed by atoms with Gasteiger partial charge in [0.25, 0.3) is 0 Å². The van der Waals surface area contributed by atoms with E-state index < -0.39 is 0 Å². The molecular formula is C22H48N2. The summed E-state index contributed by atoms with van der Waals surface area (Å²) < 4.78 is 0. The lowest BCUT2D eigenvalue weighted by Gasteiger charge is -2.16.